The normalized spacial score (nSPS) is 14.5. The van der Waals surface area contributed by atoms with Crippen LogP contribution in [0.4, 0.5) is 17.1 Å². The van der Waals surface area contributed by atoms with Crippen LogP contribution in [-0.2, 0) is 14.7 Å². The average Bonchev–Trinajstić information content (AvgIpc) is 3.13. The van der Waals surface area contributed by atoms with E-state index >= 15 is 0 Å². The maximum atomic E-state index is 12.3. The molecule has 3 rings (SSSR count). The van der Waals surface area contributed by atoms with Crippen LogP contribution in [0.3, 0.4) is 0 Å². The maximum absolute atomic E-state index is 12.3. The summed E-state index contributed by atoms with van der Waals surface area (Å²) in [4.78, 5) is 27.0. The Labute approximate surface area is 186 Å². The molecule has 0 bridgehead atoms. The molecule has 0 fully saturated rings. The SMILES string of the molecule is [C-]#[N+]C1=NN(OOC=C)C(=O)/C1=C\c1ccc(/N=N/c2ccc(N(CC)CC)cc2)cc1. The Bertz CT molecular complexity index is 1090. The average molecular weight is 430 g/mol. The number of amides is 1. The molecule has 0 N–H and O–H groups in total. The zero-order valence-electron chi connectivity index (χ0n) is 17.8. The summed E-state index contributed by atoms with van der Waals surface area (Å²) in [7, 11) is 0. The van der Waals surface area contributed by atoms with Gasteiger partial charge in [0.25, 0.3) is 0 Å². The Kier molecular flexibility index (Phi) is 7.46. The molecular weight excluding hydrogens is 408 g/mol. The fraction of sp³-hybridized carbons (Fsp3) is 0.174. The van der Waals surface area contributed by atoms with Gasteiger partial charge in [0.05, 0.1) is 16.9 Å². The number of nitrogens with zero attached hydrogens (tertiary/aromatic N) is 6. The first-order valence-corrected chi connectivity index (χ1v) is 9.93. The highest BCUT2D eigenvalue weighted by Gasteiger charge is 2.35. The third-order valence-corrected chi connectivity index (χ3v) is 4.58. The van der Waals surface area contributed by atoms with Crippen LogP contribution < -0.4 is 4.90 Å². The van der Waals surface area contributed by atoms with Crippen molar-refractivity contribution in [1.29, 1.82) is 0 Å². The van der Waals surface area contributed by atoms with Crippen LogP contribution in [0.5, 0.6) is 0 Å². The zero-order valence-corrected chi connectivity index (χ0v) is 17.8. The molecule has 1 aliphatic rings. The lowest BCUT2D eigenvalue weighted by Gasteiger charge is -2.20. The topological polar surface area (TPSA) is 83.4 Å². The van der Waals surface area contributed by atoms with Crippen molar-refractivity contribution >= 4 is 34.9 Å². The molecule has 1 heterocycles. The van der Waals surface area contributed by atoms with Crippen molar-refractivity contribution in [3.8, 4) is 0 Å². The summed E-state index contributed by atoms with van der Waals surface area (Å²) in [5.74, 6) is -0.714. The van der Waals surface area contributed by atoms with Gasteiger partial charge in [0.1, 0.15) is 6.26 Å². The minimum absolute atomic E-state index is 0.0929. The fourth-order valence-corrected chi connectivity index (χ4v) is 2.95. The molecule has 0 atom stereocenters. The summed E-state index contributed by atoms with van der Waals surface area (Å²) >= 11 is 0. The van der Waals surface area contributed by atoms with Gasteiger partial charge in [-0.2, -0.15) is 10.2 Å². The van der Waals surface area contributed by atoms with E-state index in [9.17, 15) is 4.79 Å². The zero-order chi connectivity index (χ0) is 22.9. The fourth-order valence-electron chi connectivity index (χ4n) is 2.95. The van der Waals surface area contributed by atoms with Crippen molar-refractivity contribution < 1.29 is 14.7 Å². The molecule has 0 spiro atoms. The smallest absolute Gasteiger partial charge is 0.316 e. The van der Waals surface area contributed by atoms with E-state index in [0.29, 0.717) is 16.4 Å². The van der Waals surface area contributed by atoms with Gasteiger partial charge in [0, 0.05) is 29.1 Å². The van der Waals surface area contributed by atoms with Crippen molar-refractivity contribution in [1.82, 2.24) is 5.17 Å². The maximum Gasteiger partial charge on any atom is 0.316 e. The van der Waals surface area contributed by atoms with Crippen molar-refractivity contribution in [2.75, 3.05) is 18.0 Å². The Hall–Kier alpha value is -4.29. The molecule has 9 nitrogen and oxygen atoms in total. The second-order valence-electron chi connectivity index (χ2n) is 6.49. The van der Waals surface area contributed by atoms with Crippen LogP contribution in [0.25, 0.3) is 10.9 Å². The number of hydrogen-bond acceptors (Lipinski definition) is 7. The van der Waals surface area contributed by atoms with E-state index in [-0.39, 0.29) is 11.4 Å². The Morgan fingerprint density at radius 3 is 2.22 bits per heavy atom. The van der Waals surface area contributed by atoms with Gasteiger partial charge in [-0.25, -0.2) is 0 Å². The number of hydrazone groups is 1. The van der Waals surface area contributed by atoms with Crippen molar-refractivity contribution in [3.05, 3.63) is 83.9 Å². The summed E-state index contributed by atoms with van der Waals surface area (Å²) in [5, 5.41) is 12.9. The number of azo groups is 1. The standard InChI is InChI=1S/C23H22N6O3/c1-5-28(6-2)20-14-12-19(13-15-20)26-25-18-10-8-17(9-11-18)16-21-22(24-4)27-29(23(21)30)32-31-7-3/h7-16H,3,5-6H2,1-2H3/b21-16-,26-25+. The van der Waals surface area contributed by atoms with E-state index in [1.165, 1.54) is 0 Å². The molecule has 0 saturated heterocycles. The predicted octanol–water partition coefficient (Wildman–Crippen LogP) is 5.41. The van der Waals surface area contributed by atoms with Crippen molar-refractivity contribution in [3.63, 3.8) is 0 Å². The van der Waals surface area contributed by atoms with E-state index in [1.54, 1.807) is 30.3 Å². The monoisotopic (exact) mass is 430 g/mol. The van der Waals surface area contributed by atoms with Crippen LogP contribution >= 0.6 is 0 Å². The number of benzene rings is 2. The molecule has 0 saturated carbocycles. The summed E-state index contributed by atoms with van der Waals surface area (Å²) < 4.78 is 0. The van der Waals surface area contributed by atoms with Crippen LogP contribution in [0.2, 0.25) is 0 Å². The quantitative estimate of drug-likeness (QED) is 0.133. The number of carbonyl (C=O) groups is 1. The van der Waals surface area contributed by atoms with Crippen LogP contribution in [-0.4, -0.2) is 30.0 Å². The Morgan fingerprint density at radius 1 is 1.09 bits per heavy atom. The first-order valence-electron chi connectivity index (χ1n) is 9.93. The molecule has 0 aromatic heterocycles. The largest absolute Gasteiger partial charge is 0.372 e. The van der Waals surface area contributed by atoms with Crippen LogP contribution in [0, 0.1) is 6.57 Å². The molecule has 0 unspecified atom stereocenters. The third kappa shape index (κ3) is 5.24. The predicted molar refractivity (Wildman–Crippen MR) is 122 cm³/mol. The number of hydrogen-bond donors (Lipinski definition) is 0. The Balaban J connectivity index is 1.70. The van der Waals surface area contributed by atoms with Gasteiger partial charge in [0.15, 0.2) is 0 Å². The van der Waals surface area contributed by atoms with Gasteiger partial charge < -0.3 is 14.6 Å². The molecule has 162 valence electrons. The second kappa shape index (κ2) is 10.7. The Morgan fingerprint density at radius 2 is 1.69 bits per heavy atom. The van der Waals surface area contributed by atoms with Gasteiger partial charge in [-0.1, -0.05) is 31.4 Å². The highest BCUT2D eigenvalue weighted by Crippen LogP contribution is 2.24. The number of anilines is 1. The summed E-state index contributed by atoms with van der Waals surface area (Å²) in [5.41, 5.74) is 3.34. The van der Waals surface area contributed by atoms with Crippen molar-refractivity contribution in [2.45, 2.75) is 13.8 Å². The molecular formula is C23H22N6O3. The molecule has 0 radical (unpaired) electrons. The molecule has 0 aliphatic carbocycles. The number of rotatable bonds is 9. The van der Waals surface area contributed by atoms with Crippen LogP contribution in [0.1, 0.15) is 19.4 Å². The van der Waals surface area contributed by atoms with Gasteiger partial charge in [0.2, 0.25) is 0 Å². The highest BCUT2D eigenvalue weighted by molar-refractivity contribution is 6.29. The second-order valence-corrected chi connectivity index (χ2v) is 6.49. The lowest BCUT2D eigenvalue weighted by atomic mass is 10.1. The first-order chi connectivity index (χ1) is 15.6. The summed E-state index contributed by atoms with van der Waals surface area (Å²) in [6.07, 6.45) is 2.54. The van der Waals surface area contributed by atoms with Crippen molar-refractivity contribution in [2.24, 2.45) is 15.3 Å². The van der Waals surface area contributed by atoms with Gasteiger partial charge in [-0.15, -0.1) is 0 Å². The summed E-state index contributed by atoms with van der Waals surface area (Å²) in [6.45, 7) is 16.7. The number of hydroxylamine groups is 1. The van der Waals surface area contributed by atoms with Gasteiger partial charge in [-0.05, 0) is 60.8 Å². The lowest BCUT2D eigenvalue weighted by Crippen LogP contribution is -2.21. The van der Waals surface area contributed by atoms with E-state index < -0.39 is 5.91 Å². The van der Waals surface area contributed by atoms with E-state index in [2.05, 4.69) is 55.4 Å². The molecule has 2 aromatic rings. The number of carbonyl (C=O) groups excluding carboxylic acids is 1. The third-order valence-electron chi connectivity index (χ3n) is 4.58. The van der Waals surface area contributed by atoms with E-state index in [1.807, 2.05) is 24.3 Å². The highest BCUT2D eigenvalue weighted by atomic mass is 17.3. The summed E-state index contributed by atoms with van der Waals surface area (Å²) in [6, 6.07) is 15.0. The molecule has 9 heteroatoms. The lowest BCUT2D eigenvalue weighted by molar-refractivity contribution is -0.378. The minimum Gasteiger partial charge on any atom is -0.372 e. The molecule has 1 aliphatic heterocycles. The van der Waals surface area contributed by atoms with E-state index in [0.717, 1.165) is 30.7 Å². The number of amidine groups is 1. The van der Waals surface area contributed by atoms with Gasteiger partial charge in [-0.3, -0.25) is 4.79 Å². The van der Waals surface area contributed by atoms with E-state index in [4.69, 9.17) is 6.57 Å². The minimum atomic E-state index is -0.616. The van der Waals surface area contributed by atoms with Crippen LogP contribution in [0.15, 0.2) is 82.3 Å². The first kappa shape index (κ1) is 22.4. The molecule has 32 heavy (non-hydrogen) atoms. The molecule has 2 aromatic carbocycles. The van der Waals surface area contributed by atoms with Gasteiger partial charge >= 0.3 is 11.7 Å². The molecule has 1 amide bonds.